The van der Waals surface area contributed by atoms with Crippen LogP contribution in [0.2, 0.25) is 10.0 Å². The number of hydrogen-bond donors (Lipinski definition) is 1. The Hall–Kier alpha value is -0.970. The molecule has 0 radical (unpaired) electrons. The van der Waals surface area contributed by atoms with Gasteiger partial charge in [-0.1, -0.05) is 23.2 Å². The number of carbonyl (C=O) groups excluding carboxylic acids is 1. The molecule has 1 fully saturated rings. The monoisotopic (exact) mass is 330 g/mol. The molecule has 1 atom stereocenters. The number of rotatable bonds is 5. The van der Waals surface area contributed by atoms with E-state index < -0.39 is 0 Å². The lowest BCUT2D eigenvalue weighted by atomic mass is 9.98. The van der Waals surface area contributed by atoms with Crippen LogP contribution in [0.25, 0.3) is 0 Å². The summed E-state index contributed by atoms with van der Waals surface area (Å²) in [5.74, 6) is 1.10. The summed E-state index contributed by atoms with van der Waals surface area (Å²) in [5, 5.41) is 4.07. The van der Waals surface area contributed by atoms with Crippen LogP contribution in [-0.4, -0.2) is 44.1 Å². The Labute approximate surface area is 135 Å². The van der Waals surface area contributed by atoms with Crippen LogP contribution in [0.4, 0.5) is 0 Å². The first-order valence-corrected chi connectivity index (χ1v) is 7.86. The Morgan fingerprint density at radius 3 is 2.95 bits per heavy atom. The molecule has 1 unspecified atom stereocenters. The van der Waals surface area contributed by atoms with Crippen molar-refractivity contribution in [2.45, 2.75) is 12.8 Å². The minimum absolute atomic E-state index is 0.0156. The van der Waals surface area contributed by atoms with Crippen molar-refractivity contribution in [1.82, 2.24) is 10.2 Å². The Morgan fingerprint density at radius 1 is 1.43 bits per heavy atom. The normalized spacial score (nSPS) is 18.6. The van der Waals surface area contributed by atoms with Crippen molar-refractivity contribution in [2.24, 2.45) is 5.92 Å². The van der Waals surface area contributed by atoms with Gasteiger partial charge in [-0.3, -0.25) is 4.79 Å². The fraction of sp³-hybridized carbons (Fsp3) is 0.533. The predicted octanol–water partition coefficient (Wildman–Crippen LogP) is 2.83. The molecule has 1 heterocycles. The number of ether oxygens (including phenoxy) is 1. The smallest absolute Gasteiger partial charge is 0.260 e. The fourth-order valence-corrected chi connectivity index (χ4v) is 2.84. The van der Waals surface area contributed by atoms with Gasteiger partial charge in [0.05, 0.1) is 10.0 Å². The van der Waals surface area contributed by atoms with Gasteiger partial charge in [-0.15, -0.1) is 0 Å². The Morgan fingerprint density at radius 2 is 2.24 bits per heavy atom. The van der Waals surface area contributed by atoms with Crippen molar-refractivity contribution in [2.75, 3.05) is 33.3 Å². The van der Waals surface area contributed by atoms with Crippen LogP contribution in [0, 0.1) is 5.92 Å². The first-order valence-electron chi connectivity index (χ1n) is 7.10. The van der Waals surface area contributed by atoms with E-state index in [4.69, 9.17) is 27.9 Å². The number of piperidine rings is 1. The first-order chi connectivity index (χ1) is 10.1. The summed E-state index contributed by atoms with van der Waals surface area (Å²) < 4.78 is 5.50. The van der Waals surface area contributed by atoms with Crippen molar-refractivity contribution >= 4 is 29.1 Å². The zero-order valence-electron chi connectivity index (χ0n) is 12.1. The molecule has 0 bridgehead atoms. The molecule has 0 saturated carbocycles. The molecule has 4 nitrogen and oxygen atoms in total. The van der Waals surface area contributed by atoms with Crippen molar-refractivity contribution in [3.63, 3.8) is 0 Å². The fourth-order valence-electron chi connectivity index (χ4n) is 2.55. The topological polar surface area (TPSA) is 41.6 Å². The Kier molecular flexibility index (Phi) is 6.15. The molecule has 1 aromatic carbocycles. The molecule has 0 aliphatic carbocycles. The van der Waals surface area contributed by atoms with Gasteiger partial charge in [-0.2, -0.15) is 0 Å². The Balaban J connectivity index is 1.84. The van der Waals surface area contributed by atoms with Crippen molar-refractivity contribution in [3.05, 3.63) is 28.2 Å². The van der Waals surface area contributed by atoms with Gasteiger partial charge >= 0.3 is 0 Å². The summed E-state index contributed by atoms with van der Waals surface area (Å²) in [7, 11) is 1.94. The molecule has 1 saturated heterocycles. The average Bonchev–Trinajstić information content (AvgIpc) is 2.49. The third-order valence-corrected chi connectivity index (χ3v) is 4.36. The van der Waals surface area contributed by atoms with Gasteiger partial charge in [0, 0.05) is 19.2 Å². The van der Waals surface area contributed by atoms with E-state index in [0.717, 1.165) is 32.5 Å². The molecule has 116 valence electrons. The molecule has 21 heavy (non-hydrogen) atoms. The third kappa shape index (κ3) is 4.77. The second kappa shape index (κ2) is 7.87. The summed E-state index contributed by atoms with van der Waals surface area (Å²) in [6, 6.07) is 4.99. The third-order valence-electron chi connectivity index (χ3n) is 3.62. The van der Waals surface area contributed by atoms with Gasteiger partial charge in [-0.25, -0.2) is 0 Å². The lowest BCUT2D eigenvalue weighted by molar-refractivity contribution is -0.135. The largest absolute Gasteiger partial charge is 0.484 e. The number of benzene rings is 1. The number of hydrogen-bond acceptors (Lipinski definition) is 3. The van der Waals surface area contributed by atoms with Crippen molar-refractivity contribution < 1.29 is 9.53 Å². The molecular formula is C15H20Cl2N2O2. The number of likely N-dealkylation sites (tertiary alicyclic amines) is 1. The van der Waals surface area contributed by atoms with Crippen molar-refractivity contribution in [3.8, 4) is 5.75 Å². The minimum Gasteiger partial charge on any atom is -0.484 e. The maximum absolute atomic E-state index is 12.2. The standard InChI is InChI=1S/C15H20Cl2N2O2/c1-18-8-11-3-2-6-19(9-11)15(20)10-21-12-4-5-13(16)14(17)7-12/h4-5,7,11,18H,2-3,6,8-10H2,1H3. The average molecular weight is 331 g/mol. The summed E-state index contributed by atoms with van der Waals surface area (Å²) in [5.41, 5.74) is 0. The highest BCUT2D eigenvalue weighted by Gasteiger charge is 2.23. The zero-order valence-corrected chi connectivity index (χ0v) is 13.6. The SMILES string of the molecule is CNCC1CCCN(C(=O)COc2ccc(Cl)c(Cl)c2)C1. The molecule has 1 aliphatic rings. The molecule has 0 aromatic heterocycles. The number of carbonyl (C=O) groups is 1. The summed E-state index contributed by atoms with van der Waals surface area (Å²) in [6.45, 7) is 2.58. The van der Waals surface area contributed by atoms with E-state index in [2.05, 4.69) is 5.32 Å². The minimum atomic E-state index is 0.0156. The maximum atomic E-state index is 12.2. The first kappa shape index (κ1) is 16.4. The molecular weight excluding hydrogens is 311 g/mol. The summed E-state index contributed by atoms with van der Waals surface area (Å²) >= 11 is 11.8. The molecule has 6 heteroatoms. The second-order valence-electron chi connectivity index (χ2n) is 5.27. The number of nitrogens with one attached hydrogen (secondary N) is 1. The van der Waals surface area contributed by atoms with E-state index in [1.165, 1.54) is 0 Å². The van der Waals surface area contributed by atoms with Gasteiger partial charge < -0.3 is 15.0 Å². The van der Waals surface area contributed by atoms with E-state index in [1.54, 1.807) is 18.2 Å². The number of halogens is 2. The number of amides is 1. The zero-order chi connectivity index (χ0) is 15.2. The maximum Gasteiger partial charge on any atom is 0.260 e. The van der Waals surface area contributed by atoms with E-state index in [9.17, 15) is 4.79 Å². The highest BCUT2D eigenvalue weighted by Crippen LogP contribution is 2.26. The quantitative estimate of drug-likeness (QED) is 0.902. The van der Waals surface area contributed by atoms with Crippen LogP contribution in [0.3, 0.4) is 0 Å². The molecule has 1 amide bonds. The number of nitrogens with zero attached hydrogens (tertiary/aromatic N) is 1. The van der Waals surface area contributed by atoms with Gasteiger partial charge in [0.1, 0.15) is 5.75 Å². The van der Waals surface area contributed by atoms with Crippen molar-refractivity contribution in [1.29, 1.82) is 0 Å². The predicted molar refractivity (Wildman–Crippen MR) is 85.2 cm³/mol. The van der Waals surface area contributed by atoms with Crippen LogP contribution >= 0.6 is 23.2 Å². The molecule has 1 N–H and O–H groups in total. The second-order valence-corrected chi connectivity index (χ2v) is 6.08. The van der Waals surface area contributed by atoms with Gasteiger partial charge in [-0.05, 0) is 44.5 Å². The van der Waals surface area contributed by atoms with Crippen LogP contribution in [0.15, 0.2) is 18.2 Å². The van der Waals surface area contributed by atoms with Gasteiger partial charge in [0.15, 0.2) is 6.61 Å². The van der Waals surface area contributed by atoms with Gasteiger partial charge in [0.25, 0.3) is 5.91 Å². The van der Waals surface area contributed by atoms with E-state index in [0.29, 0.717) is 21.7 Å². The summed E-state index contributed by atoms with van der Waals surface area (Å²) in [4.78, 5) is 14.1. The molecule has 1 aromatic rings. The van der Waals surface area contributed by atoms with Crippen LogP contribution in [0.5, 0.6) is 5.75 Å². The molecule has 1 aliphatic heterocycles. The lowest BCUT2D eigenvalue weighted by Crippen LogP contribution is -2.44. The highest BCUT2D eigenvalue weighted by molar-refractivity contribution is 6.42. The van der Waals surface area contributed by atoms with Crippen LogP contribution < -0.4 is 10.1 Å². The Bertz CT molecular complexity index is 495. The van der Waals surface area contributed by atoms with E-state index in [-0.39, 0.29) is 12.5 Å². The molecule has 0 spiro atoms. The van der Waals surface area contributed by atoms with E-state index >= 15 is 0 Å². The summed E-state index contributed by atoms with van der Waals surface area (Å²) in [6.07, 6.45) is 2.21. The highest BCUT2D eigenvalue weighted by atomic mass is 35.5. The lowest BCUT2D eigenvalue weighted by Gasteiger charge is -2.32. The molecule has 2 rings (SSSR count). The van der Waals surface area contributed by atoms with E-state index in [1.807, 2.05) is 11.9 Å². The van der Waals surface area contributed by atoms with Crippen LogP contribution in [0.1, 0.15) is 12.8 Å². The van der Waals surface area contributed by atoms with Crippen LogP contribution in [-0.2, 0) is 4.79 Å². The van der Waals surface area contributed by atoms with Gasteiger partial charge in [0.2, 0.25) is 0 Å².